The van der Waals surface area contributed by atoms with Gasteiger partial charge in [-0.2, -0.15) is 5.26 Å². The minimum atomic E-state index is -0.488. The first-order valence-electron chi connectivity index (χ1n) is 4.97. The summed E-state index contributed by atoms with van der Waals surface area (Å²) < 4.78 is 0. The third-order valence-electron chi connectivity index (χ3n) is 3.38. The highest BCUT2D eigenvalue weighted by atomic mass is 16.3. The van der Waals surface area contributed by atoms with Crippen LogP contribution in [0.1, 0.15) is 32.6 Å². The standard InChI is InChI=1S/C10H16N2O/c1-10(13)6-8-2-3-9(7-10)12(8)5-4-11/h8-9,13H,2-3,5-7H2,1H3. The molecule has 3 nitrogen and oxygen atoms in total. The number of piperidine rings is 1. The Hall–Kier alpha value is -0.590. The SMILES string of the molecule is CC1(O)CC2CCC(C1)N2CC#N. The predicted octanol–water partition coefficient (Wildman–Crippen LogP) is 0.888. The van der Waals surface area contributed by atoms with E-state index in [0.29, 0.717) is 18.6 Å². The number of aliphatic hydroxyl groups is 1. The van der Waals surface area contributed by atoms with E-state index in [0.717, 1.165) is 25.7 Å². The van der Waals surface area contributed by atoms with Gasteiger partial charge in [0.15, 0.2) is 0 Å². The number of hydrogen-bond donors (Lipinski definition) is 1. The fourth-order valence-electron chi connectivity index (χ4n) is 2.89. The third-order valence-corrected chi connectivity index (χ3v) is 3.38. The van der Waals surface area contributed by atoms with Gasteiger partial charge in [-0.1, -0.05) is 0 Å². The molecule has 2 fully saturated rings. The van der Waals surface area contributed by atoms with E-state index in [1.807, 2.05) is 6.92 Å². The van der Waals surface area contributed by atoms with Crippen molar-refractivity contribution < 1.29 is 5.11 Å². The molecule has 2 rings (SSSR count). The van der Waals surface area contributed by atoms with Crippen LogP contribution in [0.5, 0.6) is 0 Å². The van der Waals surface area contributed by atoms with Gasteiger partial charge in [-0.3, -0.25) is 4.90 Å². The summed E-state index contributed by atoms with van der Waals surface area (Å²) in [6.07, 6.45) is 3.99. The highest BCUT2D eigenvalue weighted by molar-refractivity contribution is 5.02. The minimum Gasteiger partial charge on any atom is -0.390 e. The van der Waals surface area contributed by atoms with Crippen LogP contribution in [0, 0.1) is 11.3 Å². The lowest BCUT2D eigenvalue weighted by molar-refractivity contribution is -0.0341. The van der Waals surface area contributed by atoms with E-state index in [9.17, 15) is 5.11 Å². The van der Waals surface area contributed by atoms with Crippen molar-refractivity contribution in [1.29, 1.82) is 5.26 Å². The molecule has 0 spiro atoms. The molecule has 0 aromatic heterocycles. The maximum atomic E-state index is 9.93. The largest absolute Gasteiger partial charge is 0.390 e. The van der Waals surface area contributed by atoms with Gasteiger partial charge in [0.2, 0.25) is 0 Å². The summed E-state index contributed by atoms with van der Waals surface area (Å²) in [5.41, 5.74) is -0.488. The Bertz CT molecular complexity index is 228. The van der Waals surface area contributed by atoms with Crippen molar-refractivity contribution in [3.63, 3.8) is 0 Å². The van der Waals surface area contributed by atoms with Crippen LogP contribution >= 0.6 is 0 Å². The fraction of sp³-hybridized carbons (Fsp3) is 0.900. The van der Waals surface area contributed by atoms with Gasteiger partial charge in [-0.25, -0.2) is 0 Å². The van der Waals surface area contributed by atoms with Gasteiger partial charge in [0.25, 0.3) is 0 Å². The van der Waals surface area contributed by atoms with Gasteiger partial charge in [0, 0.05) is 12.1 Å². The van der Waals surface area contributed by atoms with Crippen LogP contribution in [0.2, 0.25) is 0 Å². The van der Waals surface area contributed by atoms with Crippen molar-refractivity contribution in [2.45, 2.75) is 50.3 Å². The molecule has 0 saturated carbocycles. The summed E-state index contributed by atoms with van der Waals surface area (Å²) >= 11 is 0. The van der Waals surface area contributed by atoms with Crippen molar-refractivity contribution in [3.05, 3.63) is 0 Å². The molecule has 0 aliphatic carbocycles. The van der Waals surface area contributed by atoms with E-state index < -0.39 is 5.60 Å². The first-order chi connectivity index (χ1) is 6.12. The Labute approximate surface area is 79.0 Å². The molecule has 2 aliphatic heterocycles. The molecule has 0 aromatic rings. The number of fused-ring (bicyclic) bond motifs is 2. The lowest BCUT2D eigenvalue weighted by Gasteiger charge is -2.40. The molecule has 0 amide bonds. The normalized spacial score (nSPS) is 44.7. The Kier molecular flexibility index (Phi) is 2.05. The Balaban J connectivity index is 2.10. The molecular weight excluding hydrogens is 164 g/mol. The highest BCUT2D eigenvalue weighted by Gasteiger charge is 2.44. The van der Waals surface area contributed by atoms with E-state index in [1.54, 1.807) is 0 Å². The molecule has 2 unspecified atom stereocenters. The Morgan fingerprint density at radius 1 is 1.46 bits per heavy atom. The molecule has 2 heterocycles. The minimum absolute atomic E-state index is 0.452. The average molecular weight is 180 g/mol. The second-order valence-corrected chi connectivity index (χ2v) is 4.62. The molecular formula is C10H16N2O. The molecule has 2 atom stereocenters. The van der Waals surface area contributed by atoms with Crippen LogP contribution < -0.4 is 0 Å². The summed E-state index contributed by atoms with van der Waals surface area (Å²) in [6.45, 7) is 2.45. The number of hydrogen-bond acceptors (Lipinski definition) is 3. The number of nitriles is 1. The number of nitrogens with zero attached hydrogens (tertiary/aromatic N) is 2. The van der Waals surface area contributed by atoms with Gasteiger partial charge in [0.05, 0.1) is 18.2 Å². The maximum Gasteiger partial charge on any atom is 0.0870 e. The van der Waals surface area contributed by atoms with Gasteiger partial charge in [-0.05, 0) is 32.6 Å². The first kappa shape index (κ1) is 8.98. The highest BCUT2D eigenvalue weighted by Crippen LogP contribution is 2.39. The molecule has 72 valence electrons. The Morgan fingerprint density at radius 2 is 2.00 bits per heavy atom. The van der Waals surface area contributed by atoms with Gasteiger partial charge < -0.3 is 5.11 Å². The van der Waals surface area contributed by atoms with Gasteiger partial charge in [-0.15, -0.1) is 0 Å². The zero-order valence-corrected chi connectivity index (χ0v) is 8.03. The zero-order chi connectivity index (χ0) is 9.47. The van der Waals surface area contributed by atoms with Crippen LogP contribution in [0.3, 0.4) is 0 Å². The zero-order valence-electron chi connectivity index (χ0n) is 8.03. The van der Waals surface area contributed by atoms with E-state index in [-0.39, 0.29) is 0 Å². The molecule has 1 N–H and O–H groups in total. The summed E-state index contributed by atoms with van der Waals surface area (Å²) in [6, 6.07) is 3.11. The molecule has 13 heavy (non-hydrogen) atoms. The van der Waals surface area contributed by atoms with Crippen molar-refractivity contribution in [1.82, 2.24) is 4.90 Å². The van der Waals surface area contributed by atoms with Gasteiger partial charge in [0.1, 0.15) is 0 Å². The van der Waals surface area contributed by atoms with Crippen molar-refractivity contribution in [2.75, 3.05) is 6.54 Å². The lowest BCUT2D eigenvalue weighted by Crippen LogP contribution is -2.49. The summed E-state index contributed by atoms with van der Waals surface area (Å²) in [7, 11) is 0. The summed E-state index contributed by atoms with van der Waals surface area (Å²) in [5.74, 6) is 0. The quantitative estimate of drug-likeness (QED) is 0.609. The maximum absolute atomic E-state index is 9.93. The van der Waals surface area contributed by atoms with E-state index in [4.69, 9.17) is 5.26 Å². The van der Waals surface area contributed by atoms with Crippen molar-refractivity contribution in [3.8, 4) is 6.07 Å². The lowest BCUT2D eigenvalue weighted by atomic mass is 9.88. The third kappa shape index (κ3) is 1.56. The van der Waals surface area contributed by atoms with E-state index in [2.05, 4.69) is 11.0 Å². The van der Waals surface area contributed by atoms with Crippen LogP contribution in [0.25, 0.3) is 0 Å². The van der Waals surface area contributed by atoms with E-state index in [1.165, 1.54) is 0 Å². The molecule has 2 aliphatic rings. The first-order valence-corrected chi connectivity index (χ1v) is 4.97. The average Bonchev–Trinajstić information content (AvgIpc) is 2.31. The summed E-state index contributed by atoms with van der Waals surface area (Å²) in [5, 5.41) is 18.6. The Morgan fingerprint density at radius 3 is 2.46 bits per heavy atom. The smallest absolute Gasteiger partial charge is 0.0870 e. The summed E-state index contributed by atoms with van der Waals surface area (Å²) in [4.78, 5) is 2.26. The molecule has 2 bridgehead atoms. The number of rotatable bonds is 1. The molecule has 3 heteroatoms. The monoisotopic (exact) mass is 180 g/mol. The molecule has 0 aromatic carbocycles. The van der Waals surface area contributed by atoms with E-state index >= 15 is 0 Å². The molecule has 0 radical (unpaired) electrons. The van der Waals surface area contributed by atoms with Crippen LogP contribution in [0.15, 0.2) is 0 Å². The second-order valence-electron chi connectivity index (χ2n) is 4.62. The molecule has 2 saturated heterocycles. The predicted molar refractivity (Wildman–Crippen MR) is 49.0 cm³/mol. The van der Waals surface area contributed by atoms with Crippen molar-refractivity contribution in [2.24, 2.45) is 0 Å². The van der Waals surface area contributed by atoms with Crippen LogP contribution in [-0.2, 0) is 0 Å². The van der Waals surface area contributed by atoms with Crippen LogP contribution in [-0.4, -0.2) is 34.2 Å². The van der Waals surface area contributed by atoms with Gasteiger partial charge >= 0.3 is 0 Å². The fourth-order valence-corrected chi connectivity index (χ4v) is 2.89. The second kappa shape index (κ2) is 2.97. The van der Waals surface area contributed by atoms with Crippen LogP contribution in [0.4, 0.5) is 0 Å². The van der Waals surface area contributed by atoms with Crippen molar-refractivity contribution >= 4 is 0 Å². The topological polar surface area (TPSA) is 47.3 Å².